The summed E-state index contributed by atoms with van der Waals surface area (Å²) < 4.78 is 20.4. The van der Waals surface area contributed by atoms with E-state index in [-0.39, 0.29) is 35.3 Å². The molecule has 0 spiro atoms. The van der Waals surface area contributed by atoms with Gasteiger partial charge in [-0.1, -0.05) is 24.8 Å². The third-order valence-corrected chi connectivity index (χ3v) is 5.57. The van der Waals surface area contributed by atoms with Crippen molar-refractivity contribution in [1.29, 1.82) is 0 Å². The Morgan fingerprint density at radius 1 is 1.29 bits per heavy atom. The predicted molar refractivity (Wildman–Crippen MR) is 135 cm³/mol. The molecule has 10 heteroatoms. The van der Waals surface area contributed by atoms with Gasteiger partial charge in [0, 0.05) is 36.4 Å². The normalized spacial score (nSPS) is 10.8. The molecule has 6 N–H and O–H groups in total. The van der Waals surface area contributed by atoms with Crippen LogP contribution < -0.4 is 26.8 Å². The van der Waals surface area contributed by atoms with E-state index >= 15 is 0 Å². The summed E-state index contributed by atoms with van der Waals surface area (Å²) >= 11 is 0. The molecule has 0 aliphatic carbocycles. The van der Waals surface area contributed by atoms with E-state index in [1.807, 2.05) is 13.8 Å². The number of rotatable bonds is 9. The fourth-order valence-electron chi connectivity index (χ4n) is 3.93. The Hall–Kier alpha value is -4.34. The number of anilines is 2. The van der Waals surface area contributed by atoms with E-state index in [0.717, 1.165) is 11.6 Å². The molecule has 3 aromatic rings. The van der Waals surface area contributed by atoms with E-state index < -0.39 is 17.6 Å². The minimum atomic E-state index is -0.689. The highest BCUT2D eigenvalue weighted by Gasteiger charge is 2.25. The number of amides is 2. The van der Waals surface area contributed by atoms with E-state index in [0.29, 0.717) is 22.5 Å². The zero-order valence-electron chi connectivity index (χ0n) is 20.1. The van der Waals surface area contributed by atoms with Gasteiger partial charge in [-0.05, 0) is 37.6 Å². The largest absolute Gasteiger partial charge is 0.496 e. The number of aromatic nitrogens is 2. The minimum Gasteiger partial charge on any atom is -0.496 e. The van der Waals surface area contributed by atoms with Crippen molar-refractivity contribution in [3.8, 4) is 17.0 Å². The first-order valence-electron chi connectivity index (χ1n) is 10.9. The molecule has 2 aromatic carbocycles. The number of nitrogens with zero attached hydrogens (tertiary/aromatic N) is 2. The summed E-state index contributed by atoms with van der Waals surface area (Å²) in [6, 6.07) is 7.19. The highest BCUT2D eigenvalue weighted by Crippen LogP contribution is 2.36. The summed E-state index contributed by atoms with van der Waals surface area (Å²) in [6.07, 6.45) is 1.62. The van der Waals surface area contributed by atoms with E-state index in [1.54, 1.807) is 29.9 Å². The third kappa shape index (κ3) is 4.81. The van der Waals surface area contributed by atoms with Gasteiger partial charge in [-0.2, -0.15) is 5.10 Å². The van der Waals surface area contributed by atoms with E-state index in [1.165, 1.54) is 19.2 Å². The monoisotopic (exact) mass is 480 g/mol. The van der Waals surface area contributed by atoms with Crippen molar-refractivity contribution in [2.45, 2.75) is 26.4 Å². The fraction of sp³-hybridized carbons (Fsp3) is 0.240. The van der Waals surface area contributed by atoms with Crippen LogP contribution in [0.15, 0.2) is 36.9 Å². The molecule has 1 heterocycles. The number of benzene rings is 2. The number of carbonyl (C=O) groups is 2. The number of halogens is 1. The molecular formula is C25H29FN6O3. The fourth-order valence-corrected chi connectivity index (χ4v) is 3.93. The molecule has 1 aromatic heterocycles. The molecule has 3 rings (SSSR count). The Morgan fingerprint density at radius 2 is 2.00 bits per heavy atom. The number of ether oxygens (including phenoxy) is 1. The Balaban J connectivity index is 2.03. The van der Waals surface area contributed by atoms with E-state index in [4.69, 9.17) is 16.2 Å². The van der Waals surface area contributed by atoms with Crippen molar-refractivity contribution in [2.24, 2.45) is 5.73 Å². The maximum Gasteiger partial charge on any atom is 0.255 e. The average molecular weight is 481 g/mol. The van der Waals surface area contributed by atoms with Gasteiger partial charge in [0.05, 0.1) is 12.7 Å². The molecule has 0 aliphatic rings. The van der Waals surface area contributed by atoms with Gasteiger partial charge in [-0.25, -0.2) is 9.07 Å². The maximum absolute atomic E-state index is 13.7. The van der Waals surface area contributed by atoms with Crippen molar-refractivity contribution < 1.29 is 18.7 Å². The first-order valence-corrected chi connectivity index (χ1v) is 10.9. The number of nitrogens with one attached hydrogen (secondary N) is 2. The van der Waals surface area contributed by atoms with Crippen LogP contribution in [0.1, 0.15) is 51.7 Å². The second kappa shape index (κ2) is 10.3. The van der Waals surface area contributed by atoms with Gasteiger partial charge in [0.15, 0.2) is 0 Å². The van der Waals surface area contributed by atoms with Gasteiger partial charge in [0.2, 0.25) is 0 Å². The molecule has 9 nitrogen and oxygen atoms in total. The highest BCUT2D eigenvalue weighted by molar-refractivity contribution is 6.04. The number of hydrogen-bond acceptors (Lipinski definition) is 6. The summed E-state index contributed by atoms with van der Waals surface area (Å²) in [5.41, 5.74) is 15.0. The van der Waals surface area contributed by atoms with E-state index in [9.17, 15) is 14.0 Å². The summed E-state index contributed by atoms with van der Waals surface area (Å²) in [7, 11) is 3.13. The molecule has 0 fully saturated rings. The molecule has 0 bridgehead atoms. The zero-order chi connectivity index (χ0) is 25.9. The van der Waals surface area contributed by atoms with Crippen LogP contribution >= 0.6 is 0 Å². The lowest BCUT2D eigenvalue weighted by Crippen LogP contribution is -2.24. The minimum absolute atomic E-state index is 0.0832. The molecule has 0 atom stereocenters. The van der Waals surface area contributed by atoms with Crippen molar-refractivity contribution in [3.05, 3.63) is 65.0 Å². The van der Waals surface area contributed by atoms with Crippen molar-refractivity contribution in [1.82, 2.24) is 15.1 Å². The number of nitrogens with two attached hydrogens (primary N) is 2. The summed E-state index contributed by atoms with van der Waals surface area (Å²) in [5, 5.41) is 10.5. The Labute approximate surface area is 202 Å². The van der Waals surface area contributed by atoms with Gasteiger partial charge < -0.3 is 26.8 Å². The quantitative estimate of drug-likeness (QED) is 0.369. The van der Waals surface area contributed by atoms with Gasteiger partial charge in [-0.3, -0.25) is 9.59 Å². The first kappa shape index (κ1) is 25.3. The topological polar surface area (TPSA) is 137 Å². The maximum atomic E-state index is 13.7. The second-order valence-corrected chi connectivity index (χ2v) is 8.05. The molecule has 0 saturated heterocycles. The standard InChI is InChI=1S/C25H29FN6O3/c1-6-16-17(22-20(24(28)33)23(27)32(31-22)13(2)3)9-7-14(21(16)29-4)12-30-25(34)18-11-15(26)8-10-19(18)35-5/h6-11,13,29H,1,12,27H2,2-5H3,(H2,28,33)(H,30,34). The van der Waals surface area contributed by atoms with Crippen LogP contribution in [-0.4, -0.2) is 35.8 Å². The van der Waals surface area contributed by atoms with Crippen LogP contribution in [0.5, 0.6) is 5.75 Å². The average Bonchev–Trinajstić information content (AvgIpc) is 3.18. The highest BCUT2D eigenvalue weighted by atomic mass is 19.1. The molecule has 2 amide bonds. The molecular weight excluding hydrogens is 451 g/mol. The van der Waals surface area contributed by atoms with Crippen LogP contribution in [0.25, 0.3) is 17.3 Å². The lowest BCUT2D eigenvalue weighted by atomic mass is 9.96. The SMILES string of the molecule is C=Cc1c(-c2nn(C(C)C)c(N)c2C(N)=O)ccc(CNC(=O)c2cc(F)ccc2OC)c1NC. The zero-order valence-corrected chi connectivity index (χ0v) is 20.1. The number of carbonyl (C=O) groups excluding carboxylic acids is 2. The molecule has 184 valence electrons. The lowest BCUT2D eigenvalue weighted by Gasteiger charge is -2.17. The number of methoxy groups -OCH3 is 1. The molecule has 0 radical (unpaired) electrons. The van der Waals surface area contributed by atoms with Crippen LogP contribution in [-0.2, 0) is 6.54 Å². The van der Waals surface area contributed by atoms with Gasteiger partial charge in [-0.15, -0.1) is 0 Å². The lowest BCUT2D eigenvalue weighted by molar-refractivity contribution is 0.0946. The van der Waals surface area contributed by atoms with Gasteiger partial charge >= 0.3 is 0 Å². The summed E-state index contributed by atoms with van der Waals surface area (Å²) in [6.45, 7) is 7.83. The first-order chi connectivity index (χ1) is 16.6. The number of nitrogen functional groups attached to an aromatic ring is 1. The molecule has 0 saturated carbocycles. The van der Waals surface area contributed by atoms with Crippen LogP contribution in [0.3, 0.4) is 0 Å². The van der Waals surface area contributed by atoms with Gasteiger partial charge in [0.1, 0.15) is 28.6 Å². The molecule has 35 heavy (non-hydrogen) atoms. The van der Waals surface area contributed by atoms with Crippen LogP contribution in [0.4, 0.5) is 15.9 Å². The van der Waals surface area contributed by atoms with Crippen LogP contribution in [0.2, 0.25) is 0 Å². The number of hydrogen-bond donors (Lipinski definition) is 4. The van der Waals surface area contributed by atoms with Crippen LogP contribution in [0, 0.1) is 5.82 Å². The predicted octanol–water partition coefficient (Wildman–Crippen LogP) is 3.57. The van der Waals surface area contributed by atoms with Crippen molar-refractivity contribution in [3.63, 3.8) is 0 Å². The summed E-state index contributed by atoms with van der Waals surface area (Å²) in [5.74, 6) is -1.28. The van der Waals surface area contributed by atoms with Crippen molar-refractivity contribution >= 4 is 29.4 Å². The third-order valence-electron chi connectivity index (χ3n) is 5.57. The van der Waals surface area contributed by atoms with E-state index in [2.05, 4.69) is 22.3 Å². The summed E-state index contributed by atoms with van der Waals surface area (Å²) in [4.78, 5) is 25.0. The second-order valence-electron chi connectivity index (χ2n) is 8.05. The molecule has 0 aliphatic heterocycles. The Bertz CT molecular complexity index is 1300. The number of primary amides is 1. The Morgan fingerprint density at radius 3 is 2.57 bits per heavy atom. The smallest absolute Gasteiger partial charge is 0.255 e. The van der Waals surface area contributed by atoms with Crippen molar-refractivity contribution in [2.75, 3.05) is 25.2 Å². The Kier molecular flexibility index (Phi) is 7.43. The molecule has 0 unspecified atom stereocenters. The van der Waals surface area contributed by atoms with Gasteiger partial charge in [0.25, 0.3) is 11.8 Å².